The summed E-state index contributed by atoms with van der Waals surface area (Å²) in [5.74, 6) is 2.24. The van der Waals surface area contributed by atoms with Gasteiger partial charge in [-0.2, -0.15) is 5.26 Å². The normalized spacial score (nSPS) is 5.00. The smallest absolute Gasteiger partial charge is 0.177 e. The number of hydrogen-bond donors (Lipinski definition) is 1. The van der Waals surface area contributed by atoms with Gasteiger partial charge in [-0.1, -0.05) is 5.92 Å². The van der Waals surface area contributed by atoms with E-state index in [1.54, 1.807) is 6.19 Å². The van der Waals surface area contributed by atoms with Gasteiger partial charge in [0.1, 0.15) is 0 Å². The lowest BCUT2D eigenvalue weighted by molar-refractivity contribution is 1.02. The first-order valence-electron chi connectivity index (χ1n) is 1.47. The van der Waals surface area contributed by atoms with E-state index >= 15 is 0 Å². The lowest BCUT2D eigenvalue weighted by atomic mass is 10.7. The van der Waals surface area contributed by atoms with Gasteiger partial charge < -0.3 is 5.32 Å². The second kappa shape index (κ2) is 3.85. The Hall–Kier alpha value is -1.15. The Morgan fingerprint density at radius 3 is 2.67 bits per heavy atom. The molecule has 0 aliphatic carbocycles. The molecule has 0 saturated heterocycles. The standard InChI is InChI=1S/C4H4N2/c1-2-3-6-4-5/h1,6H,3H2. The van der Waals surface area contributed by atoms with E-state index in [9.17, 15) is 0 Å². The number of terminal acetylenes is 1. The average Bonchev–Trinajstić information content (AvgIpc) is 1.61. The van der Waals surface area contributed by atoms with Crippen molar-refractivity contribution in [3.8, 4) is 18.5 Å². The first-order chi connectivity index (χ1) is 2.91. The fourth-order valence-corrected chi connectivity index (χ4v) is 0.0906. The van der Waals surface area contributed by atoms with E-state index in [1.165, 1.54) is 0 Å². The summed E-state index contributed by atoms with van der Waals surface area (Å²) in [6.07, 6.45) is 6.43. The molecule has 0 aromatic rings. The summed E-state index contributed by atoms with van der Waals surface area (Å²) in [6.45, 7) is 0.330. The molecule has 0 aliphatic heterocycles. The van der Waals surface area contributed by atoms with Crippen LogP contribution in [0.25, 0.3) is 0 Å². The van der Waals surface area contributed by atoms with Gasteiger partial charge in [0.2, 0.25) is 0 Å². The molecule has 6 heavy (non-hydrogen) atoms. The van der Waals surface area contributed by atoms with E-state index in [0.29, 0.717) is 6.54 Å². The Morgan fingerprint density at radius 1 is 1.83 bits per heavy atom. The van der Waals surface area contributed by atoms with Crippen molar-refractivity contribution in [2.24, 2.45) is 0 Å². The first-order valence-corrected chi connectivity index (χ1v) is 1.47. The maximum absolute atomic E-state index is 7.74. The highest BCUT2D eigenvalue weighted by Gasteiger charge is 1.62. The third-order valence-electron chi connectivity index (χ3n) is 0.270. The van der Waals surface area contributed by atoms with Gasteiger partial charge in [-0.05, 0) is 0 Å². The number of hydrogen-bond acceptors (Lipinski definition) is 2. The average molecular weight is 80.1 g/mol. The lowest BCUT2D eigenvalue weighted by Gasteiger charge is -1.75. The van der Waals surface area contributed by atoms with Gasteiger partial charge in [0.05, 0.1) is 6.54 Å². The van der Waals surface area contributed by atoms with Crippen LogP contribution in [0, 0.1) is 23.8 Å². The van der Waals surface area contributed by atoms with Gasteiger partial charge in [-0.25, -0.2) is 0 Å². The second-order valence-corrected chi connectivity index (χ2v) is 0.669. The predicted octanol–water partition coefficient (Wildman–Crippen LogP) is -0.310. The van der Waals surface area contributed by atoms with Gasteiger partial charge in [0.15, 0.2) is 6.19 Å². The fourth-order valence-electron chi connectivity index (χ4n) is 0.0906. The fraction of sp³-hybridized carbons (Fsp3) is 0.250. The molecule has 2 nitrogen and oxygen atoms in total. The van der Waals surface area contributed by atoms with E-state index in [4.69, 9.17) is 11.7 Å². The van der Waals surface area contributed by atoms with Crippen LogP contribution in [-0.4, -0.2) is 6.54 Å². The van der Waals surface area contributed by atoms with Gasteiger partial charge in [-0.15, -0.1) is 6.42 Å². The Kier molecular flexibility index (Phi) is 3.11. The molecule has 0 radical (unpaired) electrons. The van der Waals surface area contributed by atoms with Crippen molar-refractivity contribution in [3.63, 3.8) is 0 Å². The van der Waals surface area contributed by atoms with E-state index in [2.05, 4.69) is 11.2 Å². The van der Waals surface area contributed by atoms with Crippen LogP contribution in [0.2, 0.25) is 0 Å². The zero-order valence-electron chi connectivity index (χ0n) is 3.23. The topological polar surface area (TPSA) is 35.8 Å². The molecule has 0 aliphatic rings. The molecule has 0 saturated carbocycles. The largest absolute Gasteiger partial charge is 0.312 e. The van der Waals surface area contributed by atoms with E-state index < -0.39 is 0 Å². The van der Waals surface area contributed by atoms with Crippen molar-refractivity contribution in [2.45, 2.75) is 0 Å². The molecule has 0 rings (SSSR count). The van der Waals surface area contributed by atoms with Crippen LogP contribution in [-0.2, 0) is 0 Å². The molecular formula is C4H4N2. The molecule has 0 amide bonds. The van der Waals surface area contributed by atoms with Crippen molar-refractivity contribution in [1.29, 1.82) is 5.26 Å². The minimum absolute atomic E-state index is 0.330. The van der Waals surface area contributed by atoms with E-state index in [1.807, 2.05) is 0 Å². The molecule has 2 heteroatoms. The van der Waals surface area contributed by atoms with Crippen molar-refractivity contribution in [3.05, 3.63) is 0 Å². The zero-order chi connectivity index (χ0) is 4.83. The number of rotatable bonds is 1. The predicted molar refractivity (Wildman–Crippen MR) is 22.4 cm³/mol. The molecule has 0 unspecified atom stereocenters. The SMILES string of the molecule is C#CCNC#N. The van der Waals surface area contributed by atoms with Gasteiger partial charge in [0, 0.05) is 0 Å². The molecule has 0 aromatic heterocycles. The van der Waals surface area contributed by atoms with Crippen molar-refractivity contribution >= 4 is 0 Å². The van der Waals surface area contributed by atoms with Gasteiger partial charge in [0.25, 0.3) is 0 Å². The van der Waals surface area contributed by atoms with E-state index in [-0.39, 0.29) is 0 Å². The highest BCUT2D eigenvalue weighted by atomic mass is 14.8. The van der Waals surface area contributed by atoms with Crippen LogP contribution in [0.4, 0.5) is 0 Å². The zero-order valence-corrected chi connectivity index (χ0v) is 3.23. The molecule has 30 valence electrons. The monoisotopic (exact) mass is 80.0 g/mol. The quantitative estimate of drug-likeness (QED) is 0.203. The Balaban J connectivity index is 2.78. The van der Waals surface area contributed by atoms with Gasteiger partial charge >= 0.3 is 0 Å². The van der Waals surface area contributed by atoms with Crippen molar-refractivity contribution in [2.75, 3.05) is 6.54 Å². The highest BCUT2D eigenvalue weighted by molar-refractivity contribution is 4.89. The van der Waals surface area contributed by atoms with Gasteiger partial charge in [-0.3, -0.25) is 0 Å². The first kappa shape index (κ1) is 4.85. The van der Waals surface area contributed by atoms with Crippen molar-refractivity contribution in [1.82, 2.24) is 5.32 Å². The van der Waals surface area contributed by atoms with Crippen LogP contribution in [0.3, 0.4) is 0 Å². The van der Waals surface area contributed by atoms with Crippen molar-refractivity contribution < 1.29 is 0 Å². The third kappa shape index (κ3) is 2.85. The maximum Gasteiger partial charge on any atom is 0.177 e. The summed E-state index contributed by atoms with van der Waals surface area (Å²) in [7, 11) is 0. The molecule has 1 N–H and O–H groups in total. The molecule has 0 aromatic carbocycles. The highest BCUT2D eigenvalue weighted by Crippen LogP contribution is 1.42. The Labute approximate surface area is 36.8 Å². The van der Waals surface area contributed by atoms with E-state index in [0.717, 1.165) is 0 Å². The summed E-state index contributed by atoms with van der Waals surface area (Å²) >= 11 is 0. The molecule has 0 spiro atoms. The van der Waals surface area contributed by atoms with Crippen LogP contribution in [0.1, 0.15) is 0 Å². The second-order valence-electron chi connectivity index (χ2n) is 0.669. The third-order valence-corrected chi connectivity index (χ3v) is 0.270. The summed E-state index contributed by atoms with van der Waals surface area (Å²) in [6, 6.07) is 0. The number of nitrogens with one attached hydrogen (secondary N) is 1. The summed E-state index contributed by atoms with van der Waals surface area (Å²) in [5, 5.41) is 10.0. The summed E-state index contributed by atoms with van der Waals surface area (Å²) in [4.78, 5) is 0. The van der Waals surface area contributed by atoms with Crippen LogP contribution in [0.15, 0.2) is 0 Å². The Bertz CT molecular complexity index is 79.1. The number of nitriles is 1. The molecule has 0 atom stereocenters. The molecule has 0 bridgehead atoms. The summed E-state index contributed by atoms with van der Waals surface area (Å²) in [5.41, 5.74) is 0. The summed E-state index contributed by atoms with van der Waals surface area (Å²) < 4.78 is 0. The molecule has 0 fully saturated rings. The van der Waals surface area contributed by atoms with Crippen LogP contribution in [0.5, 0.6) is 0 Å². The Morgan fingerprint density at radius 2 is 2.50 bits per heavy atom. The van der Waals surface area contributed by atoms with Crippen LogP contribution < -0.4 is 5.32 Å². The minimum Gasteiger partial charge on any atom is -0.312 e. The maximum atomic E-state index is 7.74. The number of nitrogens with zero attached hydrogens (tertiary/aromatic N) is 1. The molecular weight excluding hydrogens is 76.1 g/mol. The minimum atomic E-state index is 0.330. The lowest BCUT2D eigenvalue weighted by Crippen LogP contribution is -2.02. The van der Waals surface area contributed by atoms with Crippen LogP contribution >= 0.6 is 0 Å². The molecule has 0 heterocycles.